The van der Waals surface area contributed by atoms with Gasteiger partial charge >= 0.3 is 0 Å². The first-order chi connectivity index (χ1) is 13.0. The minimum atomic E-state index is -3.74. The highest BCUT2D eigenvalue weighted by Gasteiger charge is 2.30. The highest BCUT2D eigenvalue weighted by molar-refractivity contribution is 7.92. The summed E-state index contributed by atoms with van der Waals surface area (Å²) in [5.74, 6) is 0. The van der Waals surface area contributed by atoms with E-state index in [9.17, 15) is 8.42 Å². The third kappa shape index (κ3) is 3.84. The topological polar surface area (TPSA) is 46.2 Å². The normalized spacial score (nSPS) is 12.4. The van der Waals surface area contributed by atoms with Gasteiger partial charge in [0.05, 0.1) is 10.6 Å². The number of nitrogens with one attached hydrogen (secondary N) is 1. The third-order valence-corrected chi connectivity index (χ3v) is 8.50. The molecular weight excluding hydrogens is 378 g/mol. The van der Waals surface area contributed by atoms with Crippen molar-refractivity contribution in [3.63, 3.8) is 0 Å². The number of anilines is 1. The maximum atomic E-state index is 13.7. The molecule has 0 aliphatic heterocycles. The van der Waals surface area contributed by atoms with Crippen molar-refractivity contribution in [1.29, 1.82) is 0 Å². The second-order valence-electron chi connectivity index (χ2n) is 9.56. The molecule has 2 aromatic carbocycles. The molecule has 160 valence electrons. The monoisotopic (exact) mass is 415 g/mol. The van der Waals surface area contributed by atoms with Crippen molar-refractivity contribution in [3.8, 4) is 0 Å². The van der Waals surface area contributed by atoms with Gasteiger partial charge in [-0.2, -0.15) is 0 Å². The summed E-state index contributed by atoms with van der Waals surface area (Å²) in [6, 6.07) is 0. The van der Waals surface area contributed by atoms with Crippen molar-refractivity contribution in [2.75, 3.05) is 4.72 Å². The van der Waals surface area contributed by atoms with Gasteiger partial charge in [-0.3, -0.25) is 4.72 Å². The van der Waals surface area contributed by atoms with E-state index in [1.54, 1.807) is 0 Å². The third-order valence-electron chi connectivity index (χ3n) is 6.87. The van der Waals surface area contributed by atoms with Crippen molar-refractivity contribution in [2.45, 2.75) is 93.4 Å². The average Bonchev–Trinajstić information content (AvgIpc) is 2.59. The summed E-state index contributed by atoms with van der Waals surface area (Å²) in [7, 11) is -3.74. The van der Waals surface area contributed by atoms with E-state index in [0.29, 0.717) is 4.90 Å². The summed E-state index contributed by atoms with van der Waals surface area (Å²) < 4.78 is 30.4. The van der Waals surface area contributed by atoms with Crippen LogP contribution in [0, 0.1) is 62.3 Å². The lowest BCUT2D eigenvalue weighted by Crippen LogP contribution is -2.24. The first kappa shape index (κ1) is 23.5. The standard InChI is InChI=1S/C25H37NO2S/c1-13-16(4)20(8)24(21(9)17(13)5)29(27,28)26-23-19(7)15(3)14(2)18(6)22(23)25(10,11)12/h26H,1-12H3. The van der Waals surface area contributed by atoms with E-state index in [1.807, 2.05) is 34.6 Å². The lowest BCUT2D eigenvalue weighted by atomic mass is 9.79. The van der Waals surface area contributed by atoms with Crippen LogP contribution in [0.15, 0.2) is 4.90 Å². The molecule has 0 aliphatic rings. The summed E-state index contributed by atoms with van der Waals surface area (Å²) in [5.41, 5.74) is 11.0. The Hall–Kier alpha value is -1.81. The van der Waals surface area contributed by atoms with Gasteiger partial charge < -0.3 is 0 Å². The molecule has 0 amide bonds. The SMILES string of the molecule is Cc1c(C)c(C)c(S(=O)(=O)Nc2c(C)c(C)c(C)c(C)c2C(C)(C)C)c(C)c1C. The Labute approximate surface area is 178 Å². The van der Waals surface area contributed by atoms with Gasteiger partial charge in [0, 0.05) is 0 Å². The second-order valence-corrected chi connectivity index (χ2v) is 11.2. The van der Waals surface area contributed by atoms with Gasteiger partial charge in [-0.25, -0.2) is 8.42 Å². The number of rotatable bonds is 3. The van der Waals surface area contributed by atoms with E-state index in [2.05, 4.69) is 53.2 Å². The van der Waals surface area contributed by atoms with Crippen LogP contribution in [-0.2, 0) is 15.4 Å². The van der Waals surface area contributed by atoms with E-state index in [4.69, 9.17) is 0 Å². The maximum Gasteiger partial charge on any atom is 0.262 e. The van der Waals surface area contributed by atoms with Crippen LogP contribution in [0.4, 0.5) is 5.69 Å². The van der Waals surface area contributed by atoms with Gasteiger partial charge in [0.1, 0.15) is 0 Å². The van der Waals surface area contributed by atoms with Crippen LogP contribution in [0.25, 0.3) is 0 Å². The van der Waals surface area contributed by atoms with Crippen molar-refractivity contribution in [2.24, 2.45) is 0 Å². The van der Waals surface area contributed by atoms with Gasteiger partial charge in [0.15, 0.2) is 0 Å². The summed E-state index contributed by atoms with van der Waals surface area (Å²) in [5, 5.41) is 0. The summed E-state index contributed by atoms with van der Waals surface area (Å²) >= 11 is 0. The lowest BCUT2D eigenvalue weighted by Gasteiger charge is -2.30. The van der Waals surface area contributed by atoms with Crippen LogP contribution in [-0.4, -0.2) is 8.42 Å². The second kappa shape index (κ2) is 7.46. The highest BCUT2D eigenvalue weighted by atomic mass is 32.2. The number of benzene rings is 2. The molecule has 4 heteroatoms. The predicted octanol–water partition coefficient (Wildman–Crippen LogP) is 6.56. The van der Waals surface area contributed by atoms with Crippen LogP contribution < -0.4 is 4.72 Å². The maximum absolute atomic E-state index is 13.7. The van der Waals surface area contributed by atoms with Gasteiger partial charge in [-0.15, -0.1) is 0 Å². The fourth-order valence-electron chi connectivity index (χ4n) is 4.43. The average molecular weight is 416 g/mol. The fourth-order valence-corrected chi connectivity index (χ4v) is 6.17. The van der Waals surface area contributed by atoms with Gasteiger partial charge in [-0.1, -0.05) is 20.8 Å². The zero-order valence-corrected chi connectivity index (χ0v) is 21.0. The number of hydrogen-bond donors (Lipinski definition) is 1. The van der Waals surface area contributed by atoms with E-state index < -0.39 is 10.0 Å². The van der Waals surface area contributed by atoms with Gasteiger partial charge in [0.25, 0.3) is 10.0 Å². The predicted molar refractivity (Wildman–Crippen MR) is 125 cm³/mol. The Balaban J connectivity index is 2.86. The van der Waals surface area contributed by atoms with Crippen LogP contribution in [0.2, 0.25) is 0 Å². The van der Waals surface area contributed by atoms with Crippen molar-refractivity contribution in [3.05, 3.63) is 55.6 Å². The molecule has 0 saturated heterocycles. The Morgan fingerprint density at radius 1 is 0.552 bits per heavy atom. The summed E-state index contributed by atoms with van der Waals surface area (Å²) in [4.78, 5) is 0.410. The molecule has 0 atom stereocenters. The molecule has 0 aromatic heterocycles. The van der Waals surface area contributed by atoms with Gasteiger partial charge in [0.2, 0.25) is 0 Å². The molecular formula is C25H37NO2S. The minimum absolute atomic E-state index is 0.186. The summed E-state index contributed by atoms with van der Waals surface area (Å²) in [6.07, 6.45) is 0. The van der Waals surface area contributed by atoms with Crippen molar-refractivity contribution >= 4 is 15.7 Å². The number of sulfonamides is 1. The lowest BCUT2D eigenvalue weighted by molar-refractivity contribution is 0.585. The van der Waals surface area contributed by atoms with E-state index in [0.717, 1.165) is 55.8 Å². The Bertz CT molecular complexity index is 1070. The smallest absolute Gasteiger partial charge is 0.262 e. The molecule has 2 rings (SSSR count). The van der Waals surface area contributed by atoms with Crippen molar-refractivity contribution in [1.82, 2.24) is 0 Å². The van der Waals surface area contributed by atoms with Crippen LogP contribution in [0.1, 0.15) is 76.4 Å². The first-order valence-corrected chi connectivity index (χ1v) is 11.7. The quantitative estimate of drug-likeness (QED) is 0.617. The largest absolute Gasteiger partial charge is 0.279 e. The molecule has 0 radical (unpaired) electrons. The van der Waals surface area contributed by atoms with Crippen LogP contribution in [0.5, 0.6) is 0 Å². The Morgan fingerprint density at radius 2 is 0.897 bits per heavy atom. The molecule has 0 spiro atoms. The zero-order chi connectivity index (χ0) is 22.6. The van der Waals surface area contributed by atoms with E-state index >= 15 is 0 Å². The highest BCUT2D eigenvalue weighted by Crippen LogP contribution is 2.40. The zero-order valence-electron chi connectivity index (χ0n) is 20.2. The molecule has 0 fully saturated rings. The van der Waals surface area contributed by atoms with E-state index in [1.165, 1.54) is 5.56 Å². The molecule has 0 bridgehead atoms. The molecule has 0 heterocycles. The molecule has 1 N–H and O–H groups in total. The number of hydrogen-bond acceptors (Lipinski definition) is 2. The van der Waals surface area contributed by atoms with Crippen LogP contribution >= 0.6 is 0 Å². The summed E-state index contributed by atoms with van der Waals surface area (Å²) in [6.45, 7) is 24.6. The van der Waals surface area contributed by atoms with Gasteiger partial charge in [-0.05, 0) is 123 Å². The molecule has 2 aromatic rings. The fraction of sp³-hybridized carbons (Fsp3) is 0.520. The van der Waals surface area contributed by atoms with Crippen molar-refractivity contribution < 1.29 is 8.42 Å². The minimum Gasteiger partial charge on any atom is -0.279 e. The molecule has 0 unspecified atom stereocenters. The first-order valence-electron chi connectivity index (χ1n) is 10.2. The molecule has 3 nitrogen and oxygen atoms in total. The van der Waals surface area contributed by atoms with E-state index in [-0.39, 0.29) is 5.41 Å². The Morgan fingerprint density at radius 3 is 1.31 bits per heavy atom. The Kier molecular flexibility index (Phi) is 6.04. The molecule has 29 heavy (non-hydrogen) atoms. The van der Waals surface area contributed by atoms with Crippen LogP contribution in [0.3, 0.4) is 0 Å². The molecule has 0 saturated carbocycles. The molecule has 0 aliphatic carbocycles.